The molecule has 1 saturated heterocycles. The van der Waals surface area contributed by atoms with E-state index in [1.165, 1.54) is 15.6 Å². The molecule has 1 aromatic carbocycles. The van der Waals surface area contributed by atoms with Crippen molar-refractivity contribution in [3.05, 3.63) is 40.3 Å². The first kappa shape index (κ1) is 21.6. The minimum absolute atomic E-state index is 0.113. The molecule has 0 radical (unpaired) electrons. The molecule has 3 rings (SSSR count). The van der Waals surface area contributed by atoms with Gasteiger partial charge in [0, 0.05) is 42.5 Å². The Kier molecular flexibility index (Phi) is 7.13. The van der Waals surface area contributed by atoms with E-state index in [2.05, 4.69) is 10.3 Å². The van der Waals surface area contributed by atoms with Gasteiger partial charge in [-0.05, 0) is 44.4 Å². The largest absolute Gasteiger partial charge is 0.385 e. The highest BCUT2D eigenvalue weighted by Gasteiger charge is 2.27. The van der Waals surface area contributed by atoms with Crippen LogP contribution >= 0.6 is 11.3 Å². The van der Waals surface area contributed by atoms with Gasteiger partial charge in [-0.25, -0.2) is 13.4 Å². The first-order valence-electron chi connectivity index (χ1n) is 10.0. The number of anilines is 2. The summed E-state index contributed by atoms with van der Waals surface area (Å²) in [4.78, 5) is 19.4. The number of amides is 1. The van der Waals surface area contributed by atoms with Gasteiger partial charge in [0.05, 0.1) is 18.0 Å². The van der Waals surface area contributed by atoms with Gasteiger partial charge in [-0.1, -0.05) is 6.92 Å². The number of sulfonamides is 1. The van der Waals surface area contributed by atoms with Crippen LogP contribution in [0.25, 0.3) is 0 Å². The summed E-state index contributed by atoms with van der Waals surface area (Å²) in [5.41, 5.74) is 1.79. The van der Waals surface area contributed by atoms with Gasteiger partial charge in [0.2, 0.25) is 10.0 Å². The lowest BCUT2D eigenvalue weighted by molar-refractivity contribution is 0.0743. The molecule has 158 valence electrons. The van der Waals surface area contributed by atoms with Gasteiger partial charge in [-0.3, -0.25) is 9.10 Å². The maximum atomic E-state index is 13.3. The summed E-state index contributed by atoms with van der Waals surface area (Å²) in [7, 11) is -3.35. The predicted molar refractivity (Wildman–Crippen MR) is 118 cm³/mol. The molecular weight excluding hydrogens is 408 g/mol. The summed E-state index contributed by atoms with van der Waals surface area (Å²) >= 11 is 1.52. The zero-order chi connectivity index (χ0) is 20.9. The van der Waals surface area contributed by atoms with Gasteiger partial charge >= 0.3 is 0 Å². The van der Waals surface area contributed by atoms with E-state index >= 15 is 0 Å². The monoisotopic (exact) mass is 436 g/mol. The average Bonchev–Trinajstić information content (AvgIpc) is 3.20. The first-order chi connectivity index (χ1) is 13.9. The van der Waals surface area contributed by atoms with Crippen LogP contribution in [0.1, 0.15) is 48.5 Å². The molecule has 1 aromatic heterocycles. The maximum Gasteiger partial charge on any atom is 0.254 e. The van der Waals surface area contributed by atoms with Gasteiger partial charge in [-0.15, -0.1) is 11.3 Å². The third kappa shape index (κ3) is 5.27. The Morgan fingerprint density at radius 2 is 2.10 bits per heavy atom. The van der Waals surface area contributed by atoms with Crippen LogP contribution in [0.5, 0.6) is 0 Å². The van der Waals surface area contributed by atoms with Gasteiger partial charge in [-0.2, -0.15) is 0 Å². The number of nitrogens with zero attached hydrogens (tertiary/aromatic N) is 3. The molecule has 1 amide bonds. The van der Waals surface area contributed by atoms with Crippen molar-refractivity contribution in [2.75, 3.05) is 35.0 Å². The SMILES string of the molecule is CCCN(Cc1nccs1)C(=O)c1cc(NCC)cc(N2CCCCS2(=O)=O)c1. The fraction of sp³-hybridized carbons (Fsp3) is 0.500. The van der Waals surface area contributed by atoms with E-state index in [-0.39, 0.29) is 11.7 Å². The molecule has 7 nitrogen and oxygen atoms in total. The summed E-state index contributed by atoms with van der Waals surface area (Å²) < 4.78 is 26.6. The fourth-order valence-corrected chi connectivity index (χ4v) is 5.72. The van der Waals surface area contributed by atoms with E-state index in [4.69, 9.17) is 0 Å². The summed E-state index contributed by atoms with van der Waals surface area (Å²) in [5.74, 6) is 0.0331. The molecule has 2 heterocycles. The van der Waals surface area contributed by atoms with Crippen LogP contribution < -0.4 is 9.62 Å². The molecule has 1 aliphatic rings. The van der Waals surface area contributed by atoms with E-state index in [1.54, 1.807) is 23.2 Å². The van der Waals surface area contributed by atoms with E-state index in [9.17, 15) is 13.2 Å². The van der Waals surface area contributed by atoms with Crippen molar-refractivity contribution in [3.63, 3.8) is 0 Å². The number of nitrogens with one attached hydrogen (secondary N) is 1. The second-order valence-corrected chi connectivity index (χ2v) is 10.0. The average molecular weight is 437 g/mol. The smallest absolute Gasteiger partial charge is 0.254 e. The number of thiazole rings is 1. The van der Waals surface area contributed by atoms with Gasteiger partial charge < -0.3 is 10.2 Å². The second kappa shape index (κ2) is 9.58. The molecule has 9 heteroatoms. The topological polar surface area (TPSA) is 82.6 Å². The molecule has 0 aliphatic carbocycles. The molecule has 1 N–H and O–H groups in total. The third-order valence-corrected chi connectivity index (χ3v) is 7.41. The Labute approximate surface area is 176 Å². The highest BCUT2D eigenvalue weighted by molar-refractivity contribution is 7.92. The van der Waals surface area contributed by atoms with E-state index < -0.39 is 10.0 Å². The van der Waals surface area contributed by atoms with Crippen LogP contribution in [0.3, 0.4) is 0 Å². The Morgan fingerprint density at radius 3 is 2.76 bits per heavy atom. The van der Waals surface area contributed by atoms with Crippen LogP contribution in [0, 0.1) is 0 Å². The van der Waals surface area contributed by atoms with Crippen molar-refractivity contribution in [2.24, 2.45) is 0 Å². The summed E-state index contributed by atoms with van der Waals surface area (Å²) in [6, 6.07) is 5.32. The molecule has 0 unspecified atom stereocenters. The van der Waals surface area contributed by atoms with Crippen LogP contribution in [0.2, 0.25) is 0 Å². The summed E-state index contributed by atoms with van der Waals surface area (Å²) in [6.45, 7) is 6.19. The quantitative estimate of drug-likeness (QED) is 0.684. The second-order valence-electron chi connectivity index (χ2n) is 7.05. The Hall–Kier alpha value is -2.13. The number of aromatic nitrogens is 1. The van der Waals surface area contributed by atoms with E-state index in [0.717, 1.165) is 23.5 Å². The minimum Gasteiger partial charge on any atom is -0.385 e. The van der Waals surface area contributed by atoms with Crippen molar-refractivity contribution in [1.29, 1.82) is 0 Å². The van der Waals surface area contributed by atoms with Gasteiger partial charge in [0.25, 0.3) is 5.91 Å². The Bertz CT molecular complexity index is 929. The van der Waals surface area contributed by atoms with Crippen molar-refractivity contribution in [3.8, 4) is 0 Å². The van der Waals surface area contributed by atoms with Crippen molar-refractivity contribution >= 4 is 38.6 Å². The maximum absolute atomic E-state index is 13.3. The minimum atomic E-state index is -3.35. The highest BCUT2D eigenvalue weighted by Crippen LogP contribution is 2.29. The molecule has 2 aromatic rings. The number of carbonyl (C=O) groups is 1. The van der Waals surface area contributed by atoms with Crippen molar-refractivity contribution in [2.45, 2.75) is 39.7 Å². The lowest BCUT2D eigenvalue weighted by atomic mass is 10.1. The number of hydrogen-bond acceptors (Lipinski definition) is 6. The van der Waals surface area contributed by atoms with Crippen LogP contribution in [0.4, 0.5) is 11.4 Å². The Balaban J connectivity index is 1.95. The summed E-state index contributed by atoms with van der Waals surface area (Å²) in [5, 5.41) is 6.00. The molecular formula is C20H28N4O3S2. The first-order valence-corrected chi connectivity index (χ1v) is 12.5. The number of benzene rings is 1. The molecule has 29 heavy (non-hydrogen) atoms. The van der Waals surface area contributed by atoms with E-state index in [1.807, 2.05) is 25.3 Å². The zero-order valence-corrected chi connectivity index (χ0v) is 18.6. The van der Waals surface area contributed by atoms with E-state index in [0.29, 0.717) is 43.9 Å². The highest BCUT2D eigenvalue weighted by atomic mass is 32.2. The van der Waals surface area contributed by atoms with Crippen molar-refractivity contribution in [1.82, 2.24) is 9.88 Å². The van der Waals surface area contributed by atoms with Gasteiger partial charge in [0.1, 0.15) is 5.01 Å². The molecule has 0 bridgehead atoms. The van der Waals surface area contributed by atoms with Crippen LogP contribution in [-0.4, -0.2) is 49.6 Å². The predicted octanol–water partition coefficient (Wildman–Crippen LogP) is 3.56. The number of carbonyl (C=O) groups excluding carboxylic acids is 1. The normalized spacial score (nSPS) is 15.9. The lowest BCUT2D eigenvalue weighted by Crippen LogP contribution is -2.38. The summed E-state index contributed by atoms with van der Waals surface area (Å²) in [6.07, 6.45) is 4.06. The van der Waals surface area contributed by atoms with Crippen molar-refractivity contribution < 1.29 is 13.2 Å². The standard InChI is InChI=1S/C20H28N4O3S2/c1-3-8-23(15-19-22-7-10-28-19)20(25)16-12-17(21-4-2)14-18(13-16)24-9-5-6-11-29(24,26)27/h7,10,12-14,21H,3-6,8-9,11,15H2,1-2H3. The fourth-order valence-electron chi connectivity index (χ4n) is 3.46. The van der Waals surface area contributed by atoms with Crippen LogP contribution in [-0.2, 0) is 16.6 Å². The molecule has 0 atom stereocenters. The third-order valence-electron chi connectivity index (χ3n) is 4.77. The lowest BCUT2D eigenvalue weighted by Gasteiger charge is -2.29. The van der Waals surface area contributed by atoms with Crippen LogP contribution in [0.15, 0.2) is 29.8 Å². The number of hydrogen-bond donors (Lipinski definition) is 1. The van der Waals surface area contributed by atoms with Gasteiger partial charge in [0.15, 0.2) is 0 Å². The zero-order valence-electron chi connectivity index (χ0n) is 16.9. The molecule has 1 fully saturated rings. The molecule has 1 aliphatic heterocycles. The number of rotatable bonds is 8. The molecule has 0 spiro atoms. The molecule has 0 saturated carbocycles. The Morgan fingerprint density at radius 1 is 1.28 bits per heavy atom.